The molecule has 8 nitrogen and oxygen atoms in total. The third-order valence-electron chi connectivity index (χ3n) is 3.43. The zero-order valence-electron chi connectivity index (χ0n) is 12.2. The largest absolute Gasteiger partial charge is 0.480 e. The van der Waals surface area contributed by atoms with Gasteiger partial charge in [-0.25, -0.2) is 9.59 Å². The van der Waals surface area contributed by atoms with Crippen molar-refractivity contribution in [1.29, 1.82) is 0 Å². The highest BCUT2D eigenvalue weighted by Crippen LogP contribution is 2.17. The van der Waals surface area contributed by atoms with Crippen molar-refractivity contribution in [2.24, 2.45) is 7.05 Å². The van der Waals surface area contributed by atoms with Crippen molar-refractivity contribution in [2.75, 3.05) is 25.0 Å². The topological polar surface area (TPSA) is 96.7 Å². The van der Waals surface area contributed by atoms with E-state index in [0.29, 0.717) is 31.6 Å². The van der Waals surface area contributed by atoms with Gasteiger partial charge in [-0.05, 0) is 19.8 Å². The molecule has 0 saturated carbocycles. The Morgan fingerprint density at radius 2 is 2.14 bits per heavy atom. The molecule has 2 heterocycles. The van der Waals surface area contributed by atoms with E-state index in [2.05, 4.69) is 10.4 Å². The van der Waals surface area contributed by atoms with Gasteiger partial charge >= 0.3 is 12.0 Å². The minimum Gasteiger partial charge on any atom is -0.480 e. The lowest BCUT2D eigenvalue weighted by molar-refractivity contribution is -0.145. The van der Waals surface area contributed by atoms with E-state index in [9.17, 15) is 9.59 Å². The number of aliphatic carboxylic acids is 1. The Balaban J connectivity index is 1.80. The molecule has 0 aromatic carbocycles. The predicted molar refractivity (Wildman–Crippen MR) is 75.1 cm³/mol. The summed E-state index contributed by atoms with van der Waals surface area (Å²) in [7, 11) is 1.80. The summed E-state index contributed by atoms with van der Waals surface area (Å²) in [5.41, 5.74) is 1.47. The molecule has 116 valence electrons. The number of hydrogen-bond donors (Lipinski definition) is 2. The standard InChI is InChI=1S/C13H20N4O4/c1-9-11(7-16(2)15-9)14-13(20)17-5-3-10(4-6-17)21-8-12(18)19/h7,10H,3-6,8H2,1-2H3,(H,14,20)(H,18,19). The first-order chi connectivity index (χ1) is 9.95. The lowest BCUT2D eigenvalue weighted by atomic mass is 10.1. The Morgan fingerprint density at radius 1 is 1.48 bits per heavy atom. The van der Waals surface area contributed by atoms with E-state index in [0.717, 1.165) is 5.69 Å². The molecule has 0 atom stereocenters. The molecule has 0 spiro atoms. The molecule has 21 heavy (non-hydrogen) atoms. The normalized spacial score (nSPS) is 16.0. The lowest BCUT2D eigenvalue weighted by Gasteiger charge is -2.31. The van der Waals surface area contributed by atoms with Crippen molar-refractivity contribution < 1.29 is 19.4 Å². The highest BCUT2D eigenvalue weighted by molar-refractivity contribution is 5.89. The Bertz CT molecular complexity index is 520. The molecule has 1 aliphatic rings. The number of carbonyl (C=O) groups excluding carboxylic acids is 1. The zero-order chi connectivity index (χ0) is 15.4. The number of aryl methyl sites for hydroxylation is 2. The van der Waals surface area contributed by atoms with Crippen LogP contribution >= 0.6 is 0 Å². The van der Waals surface area contributed by atoms with Gasteiger partial charge < -0.3 is 20.1 Å². The molecule has 2 N–H and O–H groups in total. The number of likely N-dealkylation sites (tertiary alicyclic amines) is 1. The van der Waals surface area contributed by atoms with Gasteiger partial charge in [0.2, 0.25) is 0 Å². The monoisotopic (exact) mass is 296 g/mol. The minimum absolute atomic E-state index is 0.0923. The maximum Gasteiger partial charge on any atom is 0.329 e. The van der Waals surface area contributed by atoms with Crippen LogP contribution in [-0.2, 0) is 16.6 Å². The van der Waals surface area contributed by atoms with Crippen molar-refractivity contribution in [3.63, 3.8) is 0 Å². The van der Waals surface area contributed by atoms with Gasteiger partial charge in [-0.3, -0.25) is 4.68 Å². The van der Waals surface area contributed by atoms with Gasteiger partial charge in [0.05, 0.1) is 17.5 Å². The molecule has 1 fully saturated rings. The summed E-state index contributed by atoms with van der Waals surface area (Å²) in [6, 6.07) is -0.164. The van der Waals surface area contributed by atoms with Gasteiger partial charge in [0.15, 0.2) is 0 Å². The number of amides is 2. The first kappa shape index (κ1) is 15.3. The number of rotatable bonds is 4. The maximum atomic E-state index is 12.1. The Morgan fingerprint density at radius 3 is 2.67 bits per heavy atom. The quantitative estimate of drug-likeness (QED) is 0.857. The van der Waals surface area contributed by atoms with Crippen LogP contribution in [-0.4, -0.2) is 57.6 Å². The molecule has 1 aliphatic heterocycles. The highest BCUT2D eigenvalue weighted by Gasteiger charge is 2.24. The SMILES string of the molecule is Cc1nn(C)cc1NC(=O)N1CCC(OCC(=O)O)CC1. The Kier molecular flexibility index (Phi) is 4.79. The van der Waals surface area contributed by atoms with E-state index in [1.165, 1.54) is 0 Å². The van der Waals surface area contributed by atoms with E-state index < -0.39 is 5.97 Å². The van der Waals surface area contributed by atoms with Crippen LogP contribution in [0.5, 0.6) is 0 Å². The van der Waals surface area contributed by atoms with Crippen molar-refractivity contribution in [3.05, 3.63) is 11.9 Å². The lowest BCUT2D eigenvalue weighted by Crippen LogP contribution is -2.43. The van der Waals surface area contributed by atoms with Crippen LogP contribution in [0.1, 0.15) is 18.5 Å². The number of carboxylic acids is 1. The number of carbonyl (C=O) groups is 2. The minimum atomic E-state index is -0.970. The summed E-state index contributed by atoms with van der Waals surface area (Å²) in [6.45, 7) is 2.65. The van der Waals surface area contributed by atoms with Crippen molar-refractivity contribution >= 4 is 17.7 Å². The molecule has 2 amide bonds. The summed E-state index contributed by atoms with van der Waals surface area (Å²) in [5, 5.41) is 15.6. The van der Waals surface area contributed by atoms with Gasteiger partial charge in [-0.1, -0.05) is 0 Å². The summed E-state index contributed by atoms with van der Waals surface area (Å²) in [6.07, 6.45) is 2.96. The first-order valence-corrected chi connectivity index (χ1v) is 6.85. The predicted octanol–water partition coefficient (Wildman–Crippen LogP) is 0.826. The summed E-state index contributed by atoms with van der Waals surface area (Å²) in [5.74, 6) is -0.970. The van der Waals surface area contributed by atoms with E-state index in [1.54, 1.807) is 22.8 Å². The molecule has 0 aliphatic carbocycles. The molecular weight excluding hydrogens is 276 g/mol. The van der Waals surface area contributed by atoms with Gasteiger partial charge in [-0.2, -0.15) is 5.10 Å². The van der Waals surface area contributed by atoms with Crippen LogP contribution in [0.3, 0.4) is 0 Å². The average molecular weight is 296 g/mol. The van der Waals surface area contributed by atoms with E-state index in [4.69, 9.17) is 9.84 Å². The summed E-state index contributed by atoms with van der Waals surface area (Å²) in [4.78, 5) is 24.3. The Labute approximate surface area is 122 Å². The molecule has 0 unspecified atom stereocenters. The molecule has 0 radical (unpaired) electrons. The van der Waals surface area contributed by atoms with Crippen molar-refractivity contribution in [2.45, 2.75) is 25.9 Å². The number of urea groups is 1. The summed E-state index contributed by atoms with van der Waals surface area (Å²) >= 11 is 0. The number of nitrogens with zero attached hydrogens (tertiary/aromatic N) is 3. The third-order valence-corrected chi connectivity index (χ3v) is 3.43. The van der Waals surface area contributed by atoms with Crippen LogP contribution in [0, 0.1) is 6.92 Å². The van der Waals surface area contributed by atoms with Crippen molar-refractivity contribution in [1.82, 2.24) is 14.7 Å². The van der Waals surface area contributed by atoms with Crippen LogP contribution in [0.2, 0.25) is 0 Å². The van der Waals surface area contributed by atoms with Crippen LogP contribution < -0.4 is 5.32 Å². The number of anilines is 1. The average Bonchev–Trinajstić information content (AvgIpc) is 2.75. The van der Waals surface area contributed by atoms with E-state index >= 15 is 0 Å². The number of aromatic nitrogens is 2. The van der Waals surface area contributed by atoms with E-state index in [1.807, 2.05) is 6.92 Å². The Hall–Kier alpha value is -2.09. The number of ether oxygens (including phenoxy) is 1. The third kappa shape index (κ3) is 4.19. The first-order valence-electron chi connectivity index (χ1n) is 6.85. The molecule has 0 bridgehead atoms. The highest BCUT2D eigenvalue weighted by atomic mass is 16.5. The maximum absolute atomic E-state index is 12.1. The molecule has 1 aromatic heterocycles. The van der Waals surface area contributed by atoms with Gasteiger partial charge in [0.1, 0.15) is 6.61 Å². The number of carboxylic acid groups (broad SMARTS) is 1. The molecule has 1 aromatic rings. The van der Waals surface area contributed by atoms with Crippen molar-refractivity contribution in [3.8, 4) is 0 Å². The van der Waals surface area contributed by atoms with E-state index in [-0.39, 0.29) is 18.7 Å². The second-order valence-electron chi connectivity index (χ2n) is 5.12. The molecule has 1 saturated heterocycles. The van der Waals surface area contributed by atoms with Gasteiger partial charge in [0.25, 0.3) is 0 Å². The van der Waals surface area contributed by atoms with Gasteiger partial charge in [0, 0.05) is 26.3 Å². The van der Waals surface area contributed by atoms with Crippen LogP contribution in [0.15, 0.2) is 6.20 Å². The fourth-order valence-electron chi connectivity index (χ4n) is 2.33. The number of hydrogen-bond acceptors (Lipinski definition) is 4. The number of piperidine rings is 1. The summed E-state index contributed by atoms with van der Waals surface area (Å²) < 4.78 is 6.89. The molecule has 8 heteroatoms. The molecule has 2 rings (SSSR count). The smallest absolute Gasteiger partial charge is 0.329 e. The second kappa shape index (κ2) is 6.57. The fourth-order valence-corrected chi connectivity index (χ4v) is 2.33. The van der Waals surface area contributed by atoms with Crippen LogP contribution in [0.25, 0.3) is 0 Å². The molecular formula is C13H20N4O4. The number of nitrogens with one attached hydrogen (secondary N) is 1. The van der Waals surface area contributed by atoms with Crippen LogP contribution in [0.4, 0.5) is 10.5 Å². The second-order valence-corrected chi connectivity index (χ2v) is 5.12. The zero-order valence-corrected chi connectivity index (χ0v) is 12.2. The van der Waals surface area contributed by atoms with Gasteiger partial charge in [-0.15, -0.1) is 0 Å². The fraction of sp³-hybridized carbons (Fsp3) is 0.615.